The first-order chi connectivity index (χ1) is 8.53. The molecule has 0 amide bonds. The Morgan fingerprint density at radius 2 is 2.11 bits per heavy atom. The van der Waals surface area contributed by atoms with Crippen molar-refractivity contribution in [2.45, 2.75) is 25.9 Å². The smallest absolute Gasteiger partial charge is 0.124 e. The van der Waals surface area contributed by atoms with E-state index in [2.05, 4.69) is 4.98 Å². The number of benzene rings is 1. The maximum atomic E-state index is 10.6. The molecular weight excluding hydrogens is 246 g/mol. The van der Waals surface area contributed by atoms with E-state index in [0.29, 0.717) is 12.2 Å². The van der Waals surface area contributed by atoms with Crippen LogP contribution in [0.2, 0.25) is 0 Å². The molecule has 1 unspecified atom stereocenters. The summed E-state index contributed by atoms with van der Waals surface area (Å²) in [6, 6.07) is 7.54. The van der Waals surface area contributed by atoms with Crippen LogP contribution in [0.15, 0.2) is 29.6 Å². The van der Waals surface area contributed by atoms with Crippen molar-refractivity contribution in [2.24, 2.45) is 0 Å². The zero-order chi connectivity index (χ0) is 13.2. The first-order valence-electron chi connectivity index (χ1n) is 5.80. The summed E-state index contributed by atoms with van der Waals surface area (Å²) < 4.78 is 5.30. The third-order valence-electron chi connectivity index (χ3n) is 2.85. The summed E-state index contributed by atoms with van der Waals surface area (Å²) in [5.41, 5.74) is 0.808. The van der Waals surface area contributed by atoms with Crippen LogP contribution < -0.4 is 4.74 Å². The molecule has 2 rings (SSSR count). The molecule has 0 aliphatic rings. The molecule has 1 N–H and O–H groups in total. The minimum absolute atomic E-state index is 0.492. The van der Waals surface area contributed by atoms with Gasteiger partial charge in [0.1, 0.15) is 5.75 Å². The number of hydrogen-bond donors (Lipinski definition) is 1. The van der Waals surface area contributed by atoms with Gasteiger partial charge in [0.2, 0.25) is 0 Å². The Balaban J connectivity index is 2.29. The lowest BCUT2D eigenvalue weighted by Gasteiger charge is -2.24. The van der Waals surface area contributed by atoms with Gasteiger partial charge in [-0.25, -0.2) is 4.98 Å². The van der Waals surface area contributed by atoms with Gasteiger partial charge < -0.3 is 9.84 Å². The summed E-state index contributed by atoms with van der Waals surface area (Å²) in [6.07, 6.45) is 0.492. The van der Waals surface area contributed by atoms with Crippen molar-refractivity contribution in [1.82, 2.24) is 4.98 Å². The highest BCUT2D eigenvalue weighted by Crippen LogP contribution is 2.32. The number of para-hydroxylation sites is 1. The lowest BCUT2D eigenvalue weighted by Crippen LogP contribution is -2.25. The number of hydrogen-bond acceptors (Lipinski definition) is 4. The van der Waals surface area contributed by atoms with Crippen LogP contribution in [-0.4, -0.2) is 17.2 Å². The Morgan fingerprint density at radius 1 is 1.39 bits per heavy atom. The molecule has 0 fully saturated rings. The standard InChI is InChI=1S/C14H17NO2S/c1-10-9-18-13(15-10)8-14(2,16)11-6-4-5-7-12(11)17-3/h4-7,9,16H,8H2,1-3H3. The Bertz CT molecular complexity index is 534. The average Bonchev–Trinajstić information content (AvgIpc) is 2.74. The normalized spacial score (nSPS) is 14.2. The maximum absolute atomic E-state index is 10.6. The fourth-order valence-corrected chi connectivity index (χ4v) is 2.88. The lowest BCUT2D eigenvalue weighted by atomic mass is 9.92. The van der Waals surface area contributed by atoms with Crippen molar-refractivity contribution < 1.29 is 9.84 Å². The number of thiazole rings is 1. The van der Waals surface area contributed by atoms with E-state index in [1.807, 2.05) is 36.6 Å². The van der Waals surface area contributed by atoms with Gasteiger partial charge in [-0.1, -0.05) is 18.2 Å². The monoisotopic (exact) mass is 263 g/mol. The molecule has 4 heteroatoms. The van der Waals surface area contributed by atoms with E-state index in [1.54, 1.807) is 25.4 Å². The zero-order valence-corrected chi connectivity index (χ0v) is 11.6. The van der Waals surface area contributed by atoms with E-state index < -0.39 is 5.60 Å². The fourth-order valence-electron chi connectivity index (χ4n) is 1.96. The minimum Gasteiger partial charge on any atom is -0.496 e. The van der Waals surface area contributed by atoms with Gasteiger partial charge in [0.05, 0.1) is 17.7 Å². The predicted octanol–water partition coefficient (Wildman–Crippen LogP) is 2.91. The van der Waals surface area contributed by atoms with Crippen LogP contribution in [0.1, 0.15) is 23.2 Å². The summed E-state index contributed by atoms with van der Waals surface area (Å²) in [5.74, 6) is 0.704. The van der Waals surface area contributed by atoms with Crippen LogP contribution in [0.4, 0.5) is 0 Å². The Hall–Kier alpha value is -1.39. The summed E-state index contributed by atoms with van der Waals surface area (Å²) in [7, 11) is 1.61. The molecule has 18 heavy (non-hydrogen) atoms. The molecule has 0 aliphatic heterocycles. The van der Waals surface area contributed by atoms with Gasteiger partial charge in [-0.2, -0.15) is 0 Å². The third-order valence-corrected chi connectivity index (χ3v) is 3.82. The first kappa shape index (κ1) is 13.1. The first-order valence-corrected chi connectivity index (χ1v) is 6.68. The number of rotatable bonds is 4. The number of aryl methyl sites for hydroxylation is 1. The molecule has 3 nitrogen and oxygen atoms in total. The van der Waals surface area contributed by atoms with Crippen molar-refractivity contribution in [3.63, 3.8) is 0 Å². The molecule has 1 aromatic heterocycles. The van der Waals surface area contributed by atoms with Crippen LogP contribution in [0.3, 0.4) is 0 Å². The number of ether oxygens (including phenoxy) is 1. The van der Waals surface area contributed by atoms with Crippen LogP contribution in [0, 0.1) is 6.92 Å². The van der Waals surface area contributed by atoms with E-state index in [-0.39, 0.29) is 0 Å². The quantitative estimate of drug-likeness (QED) is 0.922. The molecule has 0 bridgehead atoms. The Morgan fingerprint density at radius 3 is 2.72 bits per heavy atom. The highest BCUT2D eigenvalue weighted by atomic mass is 32.1. The van der Waals surface area contributed by atoms with E-state index in [1.165, 1.54) is 0 Å². The number of nitrogens with zero attached hydrogens (tertiary/aromatic N) is 1. The summed E-state index contributed by atoms with van der Waals surface area (Å²) in [5, 5.41) is 13.6. The highest BCUT2D eigenvalue weighted by Gasteiger charge is 2.28. The van der Waals surface area contributed by atoms with Crippen LogP contribution in [-0.2, 0) is 12.0 Å². The van der Waals surface area contributed by atoms with Gasteiger partial charge >= 0.3 is 0 Å². The van der Waals surface area contributed by atoms with E-state index in [4.69, 9.17) is 4.74 Å². The van der Waals surface area contributed by atoms with Gasteiger partial charge in [-0.3, -0.25) is 0 Å². The molecule has 0 radical (unpaired) electrons. The van der Waals surface area contributed by atoms with Crippen LogP contribution in [0.5, 0.6) is 5.75 Å². The predicted molar refractivity (Wildman–Crippen MR) is 73.1 cm³/mol. The molecule has 0 spiro atoms. The van der Waals surface area contributed by atoms with Crippen molar-refractivity contribution in [3.8, 4) is 5.75 Å². The molecule has 1 heterocycles. The molecule has 2 aromatic rings. The Kier molecular flexibility index (Phi) is 3.68. The average molecular weight is 263 g/mol. The van der Waals surface area contributed by atoms with Crippen molar-refractivity contribution in [1.29, 1.82) is 0 Å². The number of methoxy groups -OCH3 is 1. The van der Waals surface area contributed by atoms with Crippen molar-refractivity contribution >= 4 is 11.3 Å². The molecule has 0 aliphatic carbocycles. The second kappa shape index (κ2) is 5.08. The third kappa shape index (κ3) is 2.71. The van der Waals surface area contributed by atoms with Gasteiger partial charge in [-0.15, -0.1) is 11.3 Å². The van der Waals surface area contributed by atoms with Gasteiger partial charge in [0.15, 0.2) is 0 Å². The SMILES string of the molecule is COc1ccccc1C(C)(O)Cc1nc(C)cs1. The molecular formula is C14H17NO2S. The molecule has 1 atom stereocenters. The molecule has 1 aromatic carbocycles. The van der Waals surface area contributed by atoms with E-state index in [9.17, 15) is 5.11 Å². The van der Waals surface area contributed by atoms with Gasteiger partial charge in [0.25, 0.3) is 0 Å². The van der Waals surface area contributed by atoms with E-state index >= 15 is 0 Å². The molecule has 96 valence electrons. The largest absolute Gasteiger partial charge is 0.496 e. The maximum Gasteiger partial charge on any atom is 0.124 e. The topological polar surface area (TPSA) is 42.4 Å². The van der Waals surface area contributed by atoms with E-state index in [0.717, 1.165) is 16.3 Å². The number of aliphatic hydroxyl groups is 1. The van der Waals surface area contributed by atoms with Gasteiger partial charge in [0, 0.05) is 23.1 Å². The summed E-state index contributed by atoms with van der Waals surface area (Å²) in [4.78, 5) is 4.39. The van der Waals surface area contributed by atoms with Crippen molar-refractivity contribution in [2.75, 3.05) is 7.11 Å². The number of aromatic nitrogens is 1. The lowest BCUT2D eigenvalue weighted by molar-refractivity contribution is 0.0549. The Labute approximate surface area is 111 Å². The summed E-state index contributed by atoms with van der Waals surface area (Å²) in [6.45, 7) is 3.75. The van der Waals surface area contributed by atoms with Crippen LogP contribution >= 0.6 is 11.3 Å². The van der Waals surface area contributed by atoms with Gasteiger partial charge in [-0.05, 0) is 19.9 Å². The second-order valence-electron chi connectivity index (χ2n) is 4.53. The minimum atomic E-state index is -0.975. The summed E-state index contributed by atoms with van der Waals surface area (Å²) >= 11 is 1.57. The fraction of sp³-hybridized carbons (Fsp3) is 0.357. The highest BCUT2D eigenvalue weighted by molar-refractivity contribution is 7.09. The second-order valence-corrected chi connectivity index (χ2v) is 5.48. The van der Waals surface area contributed by atoms with Crippen LogP contribution in [0.25, 0.3) is 0 Å². The molecule has 0 saturated heterocycles. The molecule has 0 saturated carbocycles. The zero-order valence-electron chi connectivity index (χ0n) is 10.8. The van der Waals surface area contributed by atoms with Crippen molar-refractivity contribution in [3.05, 3.63) is 45.9 Å².